The number of amides is 1. The molecule has 0 atom stereocenters. The second kappa shape index (κ2) is 12.5. The van der Waals surface area contributed by atoms with Crippen LogP contribution in [0.5, 0.6) is 0 Å². The molecular weight excluding hydrogens is 336 g/mol. The van der Waals surface area contributed by atoms with Crippen LogP contribution in [0.3, 0.4) is 0 Å². The van der Waals surface area contributed by atoms with Gasteiger partial charge in [-0.2, -0.15) is 0 Å². The number of carboxylic acid groups (broad SMARTS) is 2. The molecule has 0 aromatic heterocycles. The van der Waals surface area contributed by atoms with Crippen LogP contribution in [-0.4, -0.2) is 91.4 Å². The topological polar surface area (TPSA) is 135 Å². The number of rotatable bonds is 13. The number of carboxylic acids is 2. The number of hydrogen-bond donors (Lipinski definition) is 3. The van der Waals surface area contributed by atoms with Crippen LogP contribution in [-0.2, 0) is 23.8 Å². The highest BCUT2D eigenvalue weighted by atomic mass is 16.6. The van der Waals surface area contributed by atoms with E-state index in [0.29, 0.717) is 19.8 Å². The Labute approximate surface area is 147 Å². The Morgan fingerprint density at radius 1 is 0.920 bits per heavy atom. The highest BCUT2D eigenvalue weighted by molar-refractivity contribution is 5.72. The Kier molecular flexibility index (Phi) is 11.5. The van der Waals surface area contributed by atoms with Gasteiger partial charge in [-0.1, -0.05) is 0 Å². The van der Waals surface area contributed by atoms with Crippen LogP contribution in [0.4, 0.5) is 4.79 Å². The van der Waals surface area contributed by atoms with Crippen LogP contribution in [0, 0.1) is 0 Å². The van der Waals surface area contributed by atoms with Crippen LogP contribution in [0.2, 0.25) is 0 Å². The summed E-state index contributed by atoms with van der Waals surface area (Å²) in [5.74, 6) is -2.19. The fraction of sp³-hybridized carbons (Fsp3) is 0.800. The van der Waals surface area contributed by atoms with E-state index in [4.69, 9.17) is 24.4 Å². The maximum Gasteiger partial charge on any atom is 0.407 e. The highest BCUT2D eigenvalue weighted by Crippen LogP contribution is 2.05. The van der Waals surface area contributed by atoms with E-state index in [1.54, 1.807) is 20.8 Å². The van der Waals surface area contributed by atoms with E-state index in [-0.39, 0.29) is 32.8 Å². The molecule has 10 heteroatoms. The van der Waals surface area contributed by atoms with Gasteiger partial charge in [-0.15, -0.1) is 0 Å². The minimum atomic E-state index is -1.10. The molecular formula is C15H28N2O8. The Morgan fingerprint density at radius 3 is 1.92 bits per heavy atom. The van der Waals surface area contributed by atoms with Crippen LogP contribution < -0.4 is 5.32 Å². The lowest BCUT2D eigenvalue weighted by atomic mass is 10.2. The maximum absolute atomic E-state index is 11.3. The van der Waals surface area contributed by atoms with Crippen molar-refractivity contribution < 1.29 is 38.8 Å². The molecule has 0 spiro atoms. The summed E-state index contributed by atoms with van der Waals surface area (Å²) >= 11 is 0. The molecule has 0 unspecified atom stereocenters. The summed E-state index contributed by atoms with van der Waals surface area (Å²) in [6.07, 6.45) is -0.510. The lowest BCUT2D eigenvalue weighted by molar-refractivity contribution is -0.142. The van der Waals surface area contributed by atoms with Gasteiger partial charge in [0.25, 0.3) is 0 Å². The van der Waals surface area contributed by atoms with Gasteiger partial charge in [0, 0.05) is 13.1 Å². The smallest absolute Gasteiger partial charge is 0.407 e. The molecule has 0 radical (unpaired) electrons. The molecule has 0 saturated carbocycles. The van der Waals surface area contributed by atoms with Crippen LogP contribution >= 0.6 is 0 Å². The molecule has 0 aliphatic heterocycles. The van der Waals surface area contributed by atoms with Crippen molar-refractivity contribution in [2.45, 2.75) is 26.4 Å². The number of nitrogens with one attached hydrogen (secondary N) is 1. The molecule has 0 aromatic carbocycles. The monoisotopic (exact) mass is 364 g/mol. The van der Waals surface area contributed by atoms with Crippen molar-refractivity contribution >= 4 is 18.0 Å². The first-order valence-corrected chi connectivity index (χ1v) is 7.88. The zero-order valence-corrected chi connectivity index (χ0v) is 14.9. The number of carbonyl (C=O) groups is 3. The second-order valence-electron chi connectivity index (χ2n) is 6.15. The number of hydrogen-bond acceptors (Lipinski definition) is 7. The lowest BCUT2D eigenvalue weighted by Crippen LogP contribution is -2.37. The summed E-state index contributed by atoms with van der Waals surface area (Å²) in [5.41, 5.74) is -0.548. The summed E-state index contributed by atoms with van der Waals surface area (Å²) in [5, 5.41) is 19.9. The summed E-state index contributed by atoms with van der Waals surface area (Å²) in [4.78, 5) is 33.8. The lowest BCUT2D eigenvalue weighted by Gasteiger charge is -2.19. The maximum atomic E-state index is 11.3. The van der Waals surface area contributed by atoms with Gasteiger partial charge >= 0.3 is 18.0 Å². The fourth-order valence-electron chi connectivity index (χ4n) is 1.65. The first-order chi connectivity index (χ1) is 11.6. The molecule has 3 N–H and O–H groups in total. The van der Waals surface area contributed by atoms with Crippen molar-refractivity contribution in [1.29, 1.82) is 0 Å². The Balaban J connectivity index is 3.61. The summed E-state index contributed by atoms with van der Waals surface area (Å²) in [6.45, 7) is 6.17. The van der Waals surface area contributed by atoms with Gasteiger partial charge in [0.2, 0.25) is 0 Å². The Hall–Kier alpha value is -1.91. The van der Waals surface area contributed by atoms with E-state index in [0.717, 1.165) is 0 Å². The Morgan fingerprint density at radius 2 is 1.44 bits per heavy atom. The highest BCUT2D eigenvalue weighted by Gasteiger charge is 2.15. The first-order valence-electron chi connectivity index (χ1n) is 7.88. The number of aliphatic carboxylic acids is 2. The van der Waals surface area contributed by atoms with Crippen molar-refractivity contribution in [3.05, 3.63) is 0 Å². The van der Waals surface area contributed by atoms with Crippen LogP contribution in [0.1, 0.15) is 20.8 Å². The van der Waals surface area contributed by atoms with Crippen molar-refractivity contribution in [2.75, 3.05) is 52.6 Å². The van der Waals surface area contributed by atoms with Gasteiger partial charge in [-0.3, -0.25) is 14.5 Å². The molecule has 0 heterocycles. The van der Waals surface area contributed by atoms with Crippen molar-refractivity contribution in [2.24, 2.45) is 0 Å². The molecule has 0 saturated heterocycles. The van der Waals surface area contributed by atoms with E-state index < -0.39 is 23.6 Å². The minimum Gasteiger partial charge on any atom is -0.480 e. The third kappa shape index (κ3) is 16.7. The number of nitrogens with zero attached hydrogens (tertiary/aromatic N) is 1. The largest absolute Gasteiger partial charge is 0.480 e. The van der Waals surface area contributed by atoms with E-state index in [1.807, 2.05) is 0 Å². The van der Waals surface area contributed by atoms with Gasteiger partial charge in [0.1, 0.15) is 5.60 Å². The summed E-state index contributed by atoms with van der Waals surface area (Å²) in [6, 6.07) is 0. The van der Waals surface area contributed by atoms with Crippen molar-refractivity contribution in [3.8, 4) is 0 Å². The first kappa shape index (κ1) is 23.1. The molecule has 25 heavy (non-hydrogen) atoms. The van der Waals surface area contributed by atoms with Gasteiger partial charge in [0.15, 0.2) is 0 Å². The average molecular weight is 364 g/mol. The molecule has 0 aliphatic rings. The molecule has 0 rings (SSSR count). The van der Waals surface area contributed by atoms with Crippen molar-refractivity contribution in [1.82, 2.24) is 10.2 Å². The zero-order chi connectivity index (χ0) is 19.3. The molecule has 146 valence electrons. The number of carbonyl (C=O) groups excluding carboxylic acids is 1. The quantitative estimate of drug-likeness (QED) is 0.386. The average Bonchev–Trinajstić information content (AvgIpc) is 2.42. The normalized spacial score (nSPS) is 11.4. The molecule has 0 bridgehead atoms. The van der Waals surface area contributed by atoms with Gasteiger partial charge in [-0.25, -0.2) is 4.79 Å². The molecule has 1 amide bonds. The second-order valence-corrected chi connectivity index (χ2v) is 6.15. The SMILES string of the molecule is CC(C)(C)OC(=O)NCCOCCOCCN(CC(=O)O)CC(=O)O. The van der Waals surface area contributed by atoms with Gasteiger partial charge < -0.3 is 29.7 Å². The molecule has 0 fully saturated rings. The third-order valence-corrected chi connectivity index (χ3v) is 2.56. The predicted molar refractivity (Wildman–Crippen MR) is 87.6 cm³/mol. The molecule has 10 nitrogen and oxygen atoms in total. The molecule has 0 aliphatic carbocycles. The standard InChI is InChI=1S/C15H28N2O8/c1-15(2,3)25-14(22)16-4-6-23-8-9-24-7-5-17(10-12(18)19)11-13(20)21/h4-11H2,1-3H3,(H,16,22)(H,18,19)(H,20,21). The zero-order valence-electron chi connectivity index (χ0n) is 14.9. The molecule has 0 aromatic rings. The van der Waals surface area contributed by atoms with Crippen LogP contribution in [0.15, 0.2) is 0 Å². The minimum absolute atomic E-state index is 0.193. The van der Waals surface area contributed by atoms with E-state index in [2.05, 4.69) is 5.32 Å². The number of alkyl carbamates (subject to hydrolysis) is 1. The fourth-order valence-corrected chi connectivity index (χ4v) is 1.65. The van der Waals surface area contributed by atoms with Crippen LogP contribution in [0.25, 0.3) is 0 Å². The van der Waals surface area contributed by atoms with Gasteiger partial charge in [-0.05, 0) is 20.8 Å². The number of ether oxygens (including phenoxy) is 3. The summed E-state index contributed by atoms with van der Waals surface area (Å²) in [7, 11) is 0. The third-order valence-electron chi connectivity index (χ3n) is 2.56. The Bertz CT molecular complexity index is 406. The van der Waals surface area contributed by atoms with E-state index in [9.17, 15) is 14.4 Å². The van der Waals surface area contributed by atoms with Crippen molar-refractivity contribution in [3.63, 3.8) is 0 Å². The van der Waals surface area contributed by atoms with Gasteiger partial charge in [0.05, 0.1) is 39.5 Å². The van der Waals surface area contributed by atoms with E-state index in [1.165, 1.54) is 4.90 Å². The predicted octanol–water partition coefficient (Wildman–Crippen LogP) is 0.0155. The summed E-state index contributed by atoms with van der Waals surface area (Å²) < 4.78 is 15.6. The van der Waals surface area contributed by atoms with E-state index >= 15 is 0 Å².